The standard InChI is InChI=1S/C25H36N2O6Si/c1-4-30-34(31-5-2,32-6-3)15-9-12-26-24(28)21-17-19-16-18-10-7-13-27-14-8-11-20(22(18)27)23(19)33-25(21)29/h16-17H,4-15H2,1-3H3,(H,26,28). The second-order valence-corrected chi connectivity index (χ2v) is 11.5. The Balaban J connectivity index is 1.48. The number of anilines is 1. The van der Waals surface area contributed by atoms with Gasteiger partial charge < -0.3 is 27.9 Å². The molecule has 0 radical (unpaired) electrons. The number of carbonyl (C=O) groups excluding carboxylic acids is 1. The topological polar surface area (TPSA) is 90.2 Å². The van der Waals surface area contributed by atoms with Crippen LogP contribution in [0.4, 0.5) is 5.69 Å². The molecule has 0 fully saturated rings. The van der Waals surface area contributed by atoms with E-state index in [1.54, 1.807) is 6.07 Å². The average Bonchev–Trinajstić information content (AvgIpc) is 2.83. The lowest BCUT2D eigenvalue weighted by Crippen LogP contribution is -2.46. The molecule has 186 valence electrons. The highest BCUT2D eigenvalue weighted by Gasteiger charge is 2.39. The largest absolute Gasteiger partial charge is 0.500 e. The first kappa shape index (κ1) is 24.9. The van der Waals surface area contributed by atoms with Gasteiger partial charge in [0.2, 0.25) is 0 Å². The highest BCUT2D eigenvalue weighted by molar-refractivity contribution is 6.60. The van der Waals surface area contributed by atoms with Crippen LogP contribution in [0.25, 0.3) is 11.0 Å². The first-order valence-corrected chi connectivity index (χ1v) is 14.5. The Morgan fingerprint density at radius 1 is 1.06 bits per heavy atom. The quantitative estimate of drug-likeness (QED) is 0.293. The van der Waals surface area contributed by atoms with Crippen LogP contribution < -0.4 is 15.8 Å². The number of fused-ring (bicyclic) bond motifs is 2. The van der Waals surface area contributed by atoms with Crippen LogP contribution in [0.15, 0.2) is 21.3 Å². The van der Waals surface area contributed by atoms with Gasteiger partial charge in [-0.05, 0) is 70.6 Å². The highest BCUT2D eigenvalue weighted by atomic mass is 28.4. The molecule has 4 rings (SSSR count). The molecule has 1 aromatic carbocycles. The number of carbonyl (C=O) groups is 1. The molecule has 8 nitrogen and oxygen atoms in total. The second kappa shape index (κ2) is 11.0. The first-order chi connectivity index (χ1) is 16.5. The van der Waals surface area contributed by atoms with Crippen LogP contribution in [0.1, 0.15) is 61.5 Å². The van der Waals surface area contributed by atoms with Crippen LogP contribution in [0.2, 0.25) is 6.04 Å². The van der Waals surface area contributed by atoms with E-state index in [4.69, 9.17) is 17.7 Å². The molecule has 3 heterocycles. The Hall–Kier alpha value is -2.20. The number of hydrogen-bond donors (Lipinski definition) is 1. The van der Waals surface area contributed by atoms with Gasteiger partial charge in [0.15, 0.2) is 0 Å². The third kappa shape index (κ3) is 5.07. The van der Waals surface area contributed by atoms with Crippen molar-refractivity contribution in [1.29, 1.82) is 0 Å². The van der Waals surface area contributed by atoms with Crippen molar-refractivity contribution in [3.8, 4) is 0 Å². The Morgan fingerprint density at radius 2 is 1.74 bits per heavy atom. The van der Waals surface area contributed by atoms with Crippen molar-refractivity contribution in [2.75, 3.05) is 44.4 Å². The van der Waals surface area contributed by atoms with Gasteiger partial charge in [-0.15, -0.1) is 0 Å². The summed E-state index contributed by atoms with van der Waals surface area (Å²) < 4.78 is 23.3. The van der Waals surface area contributed by atoms with E-state index in [2.05, 4.69) is 16.3 Å². The summed E-state index contributed by atoms with van der Waals surface area (Å²) in [4.78, 5) is 28.0. The molecule has 1 N–H and O–H groups in total. The molecule has 0 saturated carbocycles. The minimum Gasteiger partial charge on any atom is -0.422 e. The molecule has 0 atom stereocenters. The van der Waals surface area contributed by atoms with Gasteiger partial charge in [-0.1, -0.05) is 0 Å². The maximum Gasteiger partial charge on any atom is 0.500 e. The van der Waals surface area contributed by atoms with Gasteiger partial charge in [0.1, 0.15) is 11.1 Å². The van der Waals surface area contributed by atoms with E-state index < -0.39 is 20.3 Å². The normalized spacial score (nSPS) is 15.4. The number of amides is 1. The van der Waals surface area contributed by atoms with Crippen LogP contribution in [-0.4, -0.2) is 54.2 Å². The van der Waals surface area contributed by atoms with Crippen molar-refractivity contribution in [2.45, 2.75) is 58.9 Å². The van der Waals surface area contributed by atoms with Gasteiger partial charge in [0.05, 0.1) is 0 Å². The summed E-state index contributed by atoms with van der Waals surface area (Å²) in [6.45, 7) is 9.80. The molecular weight excluding hydrogens is 452 g/mol. The van der Waals surface area contributed by atoms with Gasteiger partial charge >= 0.3 is 14.4 Å². The summed E-state index contributed by atoms with van der Waals surface area (Å²) in [6, 6.07) is 4.39. The third-order valence-corrected chi connectivity index (χ3v) is 9.65. The fourth-order valence-corrected chi connectivity index (χ4v) is 7.82. The Bertz CT molecular complexity index is 1070. The molecular formula is C25H36N2O6Si. The summed E-state index contributed by atoms with van der Waals surface area (Å²) >= 11 is 0. The van der Waals surface area contributed by atoms with E-state index in [0.717, 1.165) is 49.7 Å². The summed E-state index contributed by atoms with van der Waals surface area (Å²) in [6.07, 6.45) is 4.71. The lowest BCUT2D eigenvalue weighted by Gasteiger charge is -2.37. The smallest absolute Gasteiger partial charge is 0.422 e. The summed E-state index contributed by atoms with van der Waals surface area (Å²) in [5.74, 6) is -0.417. The van der Waals surface area contributed by atoms with E-state index in [1.807, 2.05) is 20.8 Å². The molecule has 0 saturated heterocycles. The van der Waals surface area contributed by atoms with Crippen molar-refractivity contribution in [3.05, 3.63) is 39.2 Å². The van der Waals surface area contributed by atoms with Crippen LogP contribution in [0.5, 0.6) is 0 Å². The van der Waals surface area contributed by atoms with E-state index in [9.17, 15) is 9.59 Å². The molecule has 0 unspecified atom stereocenters. The highest BCUT2D eigenvalue weighted by Crippen LogP contribution is 2.39. The van der Waals surface area contributed by atoms with E-state index in [-0.39, 0.29) is 5.56 Å². The van der Waals surface area contributed by atoms with Crippen molar-refractivity contribution in [2.24, 2.45) is 0 Å². The predicted molar refractivity (Wildman–Crippen MR) is 134 cm³/mol. The number of nitrogens with one attached hydrogen (secondary N) is 1. The number of nitrogens with zero attached hydrogens (tertiary/aromatic N) is 1. The first-order valence-electron chi connectivity index (χ1n) is 12.6. The van der Waals surface area contributed by atoms with E-state index in [0.29, 0.717) is 44.4 Å². The Kier molecular flexibility index (Phi) is 8.08. The average molecular weight is 489 g/mol. The van der Waals surface area contributed by atoms with Gasteiger partial charge in [0.25, 0.3) is 5.91 Å². The maximum absolute atomic E-state index is 12.9. The zero-order valence-electron chi connectivity index (χ0n) is 20.5. The van der Waals surface area contributed by atoms with Crippen LogP contribution in [-0.2, 0) is 26.1 Å². The second-order valence-electron chi connectivity index (χ2n) is 8.76. The molecule has 34 heavy (non-hydrogen) atoms. The van der Waals surface area contributed by atoms with Crippen molar-refractivity contribution < 1.29 is 22.5 Å². The monoisotopic (exact) mass is 488 g/mol. The fraction of sp³-hybridized carbons (Fsp3) is 0.600. The molecule has 9 heteroatoms. The van der Waals surface area contributed by atoms with Crippen LogP contribution in [0.3, 0.4) is 0 Å². The number of rotatable bonds is 11. The van der Waals surface area contributed by atoms with Crippen molar-refractivity contribution in [3.63, 3.8) is 0 Å². The van der Waals surface area contributed by atoms with Gasteiger partial charge in [-0.25, -0.2) is 4.79 Å². The zero-order valence-corrected chi connectivity index (χ0v) is 21.5. The zero-order chi connectivity index (χ0) is 24.1. The molecule has 0 aliphatic carbocycles. The van der Waals surface area contributed by atoms with Crippen molar-refractivity contribution in [1.82, 2.24) is 5.32 Å². The van der Waals surface area contributed by atoms with Gasteiger partial charge in [-0.3, -0.25) is 4.79 Å². The van der Waals surface area contributed by atoms with Gasteiger partial charge in [-0.2, -0.15) is 0 Å². The molecule has 0 spiro atoms. The van der Waals surface area contributed by atoms with Crippen LogP contribution >= 0.6 is 0 Å². The molecule has 2 aliphatic heterocycles. The molecule has 0 bridgehead atoms. The molecule has 1 amide bonds. The lowest BCUT2D eigenvalue weighted by molar-refractivity contribution is 0.0704. The number of hydrogen-bond acceptors (Lipinski definition) is 7. The number of benzene rings is 1. The summed E-state index contributed by atoms with van der Waals surface area (Å²) in [5.41, 5.74) is 3.75. The van der Waals surface area contributed by atoms with E-state index in [1.165, 1.54) is 11.3 Å². The Morgan fingerprint density at radius 3 is 2.41 bits per heavy atom. The number of aryl methyl sites for hydroxylation is 2. The van der Waals surface area contributed by atoms with Crippen molar-refractivity contribution >= 4 is 31.4 Å². The molecule has 1 aromatic heterocycles. The van der Waals surface area contributed by atoms with E-state index >= 15 is 0 Å². The third-order valence-electron chi connectivity index (χ3n) is 6.50. The van der Waals surface area contributed by atoms with Gasteiger partial charge in [0, 0.05) is 62.1 Å². The summed E-state index contributed by atoms with van der Waals surface area (Å²) in [5, 5.41) is 3.69. The SMILES string of the molecule is CCO[Si](CCCNC(=O)c1cc2cc3c4c(c2oc1=O)CCCN4CCC3)(OCC)OCC. The summed E-state index contributed by atoms with van der Waals surface area (Å²) in [7, 11) is -2.75. The van der Waals surface area contributed by atoms with Crippen LogP contribution in [0, 0.1) is 0 Å². The fourth-order valence-electron chi connectivity index (χ4n) is 5.21. The molecule has 2 aromatic rings. The lowest BCUT2D eigenvalue weighted by atomic mass is 9.90. The predicted octanol–water partition coefficient (Wildman–Crippen LogP) is 3.66. The minimum absolute atomic E-state index is 0.0473. The molecule has 2 aliphatic rings. The maximum atomic E-state index is 12.9. The minimum atomic E-state index is -2.75. The Labute approximate surface area is 201 Å².